The summed E-state index contributed by atoms with van der Waals surface area (Å²) >= 11 is 3.40. The van der Waals surface area contributed by atoms with E-state index in [9.17, 15) is 4.39 Å². The molecule has 2 N–H and O–H groups in total. The highest BCUT2D eigenvalue weighted by atomic mass is 79.9. The van der Waals surface area contributed by atoms with Gasteiger partial charge in [-0.3, -0.25) is 0 Å². The fraction of sp³-hybridized carbons (Fsp3) is 0.200. The molecule has 19 heavy (non-hydrogen) atoms. The molecule has 0 aliphatic carbocycles. The lowest BCUT2D eigenvalue weighted by molar-refractivity contribution is 0.302. The average molecular weight is 324 g/mol. The third-order valence-corrected chi connectivity index (χ3v) is 3.41. The van der Waals surface area contributed by atoms with Gasteiger partial charge in [0, 0.05) is 11.0 Å². The van der Waals surface area contributed by atoms with Gasteiger partial charge in [0.15, 0.2) is 0 Å². The number of hydrogen-bond acceptors (Lipinski definition) is 2. The van der Waals surface area contributed by atoms with E-state index in [2.05, 4.69) is 15.9 Å². The van der Waals surface area contributed by atoms with Crippen molar-refractivity contribution < 1.29 is 9.13 Å². The first-order chi connectivity index (χ1) is 9.10. The van der Waals surface area contributed by atoms with E-state index in [0.717, 1.165) is 26.9 Å². The monoisotopic (exact) mass is 323 g/mol. The van der Waals surface area contributed by atoms with Crippen LogP contribution in [0.4, 0.5) is 4.39 Å². The minimum Gasteiger partial charge on any atom is -0.489 e. The van der Waals surface area contributed by atoms with E-state index >= 15 is 0 Å². The lowest BCUT2D eigenvalue weighted by atomic mass is 10.1. The minimum atomic E-state index is -0.276. The van der Waals surface area contributed by atoms with Crippen LogP contribution < -0.4 is 10.5 Å². The van der Waals surface area contributed by atoms with Gasteiger partial charge >= 0.3 is 0 Å². The second kappa shape index (κ2) is 6.17. The molecule has 100 valence electrons. The molecule has 0 aromatic heterocycles. The standard InChI is InChI=1S/C15H15BrFNO/c1-10-2-4-13(16)7-15(10)19-9-12-6-14(17)5-3-11(12)8-18/h2-7H,8-9,18H2,1H3. The Morgan fingerprint density at radius 3 is 2.68 bits per heavy atom. The molecule has 0 aliphatic heterocycles. The zero-order valence-electron chi connectivity index (χ0n) is 10.6. The summed E-state index contributed by atoms with van der Waals surface area (Å²) in [7, 11) is 0. The van der Waals surface area contributed by atoms with Crippen LogP contribution in [-0.2, 0) is 13.2 Å². The summed E-state index contributed by atoms with van der Waals surface area (Å²) in [6.45, 7) is 2.65. The minimum absolute atomic E-state index is 0.276. The zero-order valence-corrected chi connectivity index (χ0v) is 12.2. The van der Waals surface area contributed by atoms with Crippen LogP contribution >= 0.6 is 15.9 Å². The van der Waals surface area contributed by atoms with Crippen LogP contribution in [0, 0.1) is 12.7 Å². The van der Waals surface area contributed by atoms with E-state index in [1.165, 1.54) is 12.1 Å². The molecule has 0 atom stereocenters. The number of benzene rings is 2. The molecule has 0 bridgehead atoms. The molecule has 0 spiro atoms. The van der Waals surface area contributed by atoms with Crippen molar-refractivity contribution in [2.45, 2.75) is 20.1 Å². The summed E-state index contributed by atoms with van der Waals surface area (Å²) in [6.07, 6.45) is 0. The highest BCUT2D eigenvalue weighted by Gasteiger charge is 2.06. The molecule has 0 aliphatic rings. The molecule has 0 saturated heterocycles. The topological polar surface area (TPSA) is 35.2 Å². The van der Waals surface area contributed by atoms with E-state index in [4.69, 9.17) is 10.5 Å². The van der Waals surface area contributed by atoms with Gasteiger partial charge in [0.05, 0.1) is 0 Å². The van der Waals surface area contributed by atoms with Crippen LogP contribution in [-0.4, -0.2) is 0 Å². The number of nitrogens with two attached hydrogens (primary N) is 1. The number of halogens is 2. The molecule has 0 saturated carbocycles. The average Bonchev–Trinajstić information content (AvgIpc) is 2.40. The van der Waals surface area contributed by atoms with Crippen LogP contribution in [0.25, 0.3) is 0 Å². The first-order valence-corrected chi connectivity index (χ1v) is 6.76. The Morgan fingerprint density at radius 2 is 1.95 bits per heavy atom. The largest absolute Gasteiger partial charge is 0.489 e. The van der Waals surface area contributed by atoms with Gasteiger partial charge in [-0.1, -0.05) is 28.1 Å². The summed E-state index contributed by atoms with van der Waals surface area (Å²) < 4.78 is 19.9. The molecule has 2 nitrogen and oxygen atoms in total. The van der Waals surface area contributed by atoms with Gasteiger partial charge in [-0.25, -0.2) is 4.39 Å². The molecule has 2 aromatic rings. The van der Waals surface area contributed by atoms with Gasteiger partial charge in [-0.15, -0.1) is 0 Å². The Morgan fingerprint density at radius 1 is 1.16 bits per heavy atom. The molecule has 2 rings (SSSR count). The lowest BCUT2D eigenvalue weighted by Crippen LogP contribution is -2.05. The Kier molecular flexibility index (Phi) is 4.56. The van der Waals surface area contributed by atoms with E-state index in [0.29, 0.717) is 13.2 Å². The fourth-order valence-electron chi connectivity index (χ4n) is 1.81. The molecule has 0 fully saturated rings. The summed E-state index contributed by atoms with van der Waals surface area (Å²) in [5, 5.41) is 0. The maximum atomic E-state index is 13.2. The summed E-state index contributed by atoms with van der Waals surface area (Å²) in [6, 6.07) is 10.4. The number of hydrogen-bond donors (Lipinski definition) is 1. The van der Waals surface area contributed by atoms with Crippen molar-refractivity contribution in [3.8, 4) is 5.75 Å². The lowest BCUT2D eigenvalue weighted by Gasteiger charge is -2.12. The molecular formula is C15H15BrFNO. The Labute approximate surface area is 120 Å². The first-order valence-electron chi connectivity index (χ1n) is 5.96. The zero-order chi connectivity index (χ0) is 13.8. The van der Waals surface area contributed by atoms with Crippen molar-refractivity contribution in [3.05, 3.63) is 63.4 Å². The summed E-state index contributed by atoms with van der Waals surface area (Å²) in [5.74, 6) is 0.503. The van der Waals surface area contributed by atoms with Gasteiger partial charge in [0.2, 0.25) is 0 Å². The molecule has 4 heteroatoms. The van der Waals surface area contributed by atoms with Crippen molar-refractivity contribution in [2.24, 2.45) is 5.73 Å². The van der Waals surface area contributed by atoms with Gasteiger partial charge in [0.25, 0.3) is 0 Å². The maximum Gasteiger partial charge on any atom is 0.123 e. The van der Waals surface area contributed by atoms with Crippen LogP contribution in [0.2, 0.25) is 0 Å². The number of rotatable bonds is 4. The van der Waals surface area contributed by atoms with E-state index < -0.39 is 0 Å². The third kappa shape index (κ3) is 3.55. The van der Waals surface area contributed by atoms with Gasteiger partial charge in [-0.2, -0.15) is 0 Å². The van der Waals surface area contributed by atoms with Crippen molar-refractivity contribution in [2.75, 3.05) is 0 Å². The van der Waals surface area contributed by atoms with Crippen molar-refractivity contribution in [3.63, 3.8) is 0 Å². The van der Waals surface area contributed by atoms with Crippen LogP contribution in [0.1, 0.15) is 16.7 Å². The maximum absolute atomic E-state index is 13.2. The molecule has 0 amide bonds. The smallest absolute Gasteiger partial charge is 0.123 e. The fourth-order valence-corrected chi connectivity index (χ4v) is 2.15. The number of aryl methyl sites for hydroxylation is 1. The molecular weight excluding hydrogens is 309 g/mol. The molecule has 2 aromatic carbocycles. The van der Waals surface area contributed by atoms with Crippen molar-refractivity contribution in [1.82, 2.24) is 0 Å². The van der Waals surface area contributed by atoms with Gasteiger partial charge in [0.1, 0.15) is 18.2 Å². The van der Waals surface area contributed by atoms with Gasteiger partial charge in [-0.05, 0) is 47.9 Å². The van der Waals surface area contributed by atoms with Crippen molar-refractivity contribution >= 4 is 15.9 Å². The number of ether oxygens (including phenoxy) is 1. The molecule has 0 radical (unpaired) electrons. The summed E-state index contributed by atoms with van der Waals surface area (Å²) in [4.78, 5) is 0. The second-order valence-corrected chi connectivity index (χ2v) is 5.23. The Hall–Kier alpha value is -1.39. The third-order valence-electron chi connectivity index (χ3n) is 2.92. The Balaban J connectivity index is 2.18. The molecule has 0 unspecified atom stereocenters. The predicted molar refractivity (Wildman–Crippen MR) is 77.5 cm³/mol. The second-order valence-electron chi connectivity index (χ2n) is 4.32. The van der Waals surface area contributed by atoms with Crippen LogP contribution in [0.3, 0.4) is 0 Å². The van der Waals surface area contributed by atoms with E-state index in [1.807, 2.05) is 25.1 Å². The van der Waals surface area contributed by atoms with E-state index in [1.54, 1.807) is 6.07 Å². The SMILES string of the molecule is Cc1ccc(Br)cc1OCc1cc(F)ccc1CN. The first kappa shape index (κ1) is 14.0. The van der Waals surface area contributed by atoms with Crippen LogP contribution in [0.15, 0.2) is 40.9 Å². The van der Waals surface area contributed by atoms with Crippen LogP contribution in [0.5, 0.6) is 5.75 Å². The highest BCUT2D eigenvalue weighted by Crippen LogP contribution is 2.24. The van der Waals surface area contributed by atoms with Gasteiger partial charge < -0.3 is 10.5 Å². The van der Waals surface area contributed by atoms with Crippen molar-refractivity contribution in [1.29, 1.82) is 0 Å². The normalized spacial score (nSPS) is 10.5. The Bertz CT molecular complexity index is 586. The highest BCUT2D eigenvalue weighted by molar-refractivity contribution is 9.10. The van der Waals surface area contributed by atoms with E-state index in [-0.39, 0.29) is 5.82 Å². The molecule has 0 heterocycles. The predicted octanol–water partition coefficient (Wildman–Crippen LogP) is 3.93. The quantitative estimate of drug-likeness (QED) is 0.925. The summed E-state index contributed by atoms with van der Waals surface area (Å²) in [5.41, 5.74) is 8.35.